The fourth-order valence-corrected chi connectivity index (χ4v) is 2.76. The van der Waals surface area contributed by atoms with E-state index in [0.29, 0.717) is 0 Å². The van der Waals surface area contributed by atoms with Gasteiger partial charge in [0.2, 0.25) is 0 Å². The first kappa shape index (κ1) is 16.6. The highest BCUT2D eigenvalue weighted by Crippen LogP contribution is 2.34. The summed E-state index contributed by atoms with van der Waals surface area (Å²) in [5.41, 5.74) is 0. The Balaban J connectivity index is 1.38. The van der Waals surface area contributed by atoms with E-state index in [1.807, 2.05) is 11.2 Å². The largest absolute Gasteiger partial charge is 0.464 e. The van der Waals surface area contributed by atoms with Crippen molar-refractivity contribution in [3.63, 3.8) is 0 Å². The third-order valence-electron chi connectivity index (χ3n) is 4.41. The van der Waals surface area contributed by atoms with E-state index >= 15 is 0 Å². The van der Waals surface area contributed by atoms with E-state index in [-0.39, 0.29) is 5.82 Å². The van der Waals surface area contributed by atoms with Crippen molar-refractivity contribution in [2.75, 3.05) is 6.54 Å². The van der Waals surface area contributed by atoms with Gasteiger partial charge in [0.1, 0.15) is 0 Å². The number of nitrogens with zero attached hydrogens (tertiary/aromatic N) is 2. The van der Waals surface area contributed by atoms with Gasteiger partial charge in [0.15, 0.2) is 0 Å². The van der Waals surface area contributed by atoms with Gasteiger partial charge in [-0.05, 0) is 12.3 Å². The van der Waals surface area contributed by atoms with Gasteiger partial charge in [-0.15, -0.1) is 0 Å². The van der Waals surface area contributed by atoms with Crippen molar-refractivity contribution in [1.82, 2.24) is 5.01 Å². The summed E-state index contributed by atoms with van der Waals surface area (Å²) < 4.78 is 0. The first-order chi connectivity index (χ1) is 10.3. The molecule has 1 aliphatic carbocycles. The molecule has 1 heterocycles. The van der Waals surface area contributed by atoms with Crippen LogP contribution in [0.3, 0.4) is 0 Å². The van der Waals surface area contributed by atoms with Gasteiger partial charge in [0.25, 0.3) is 0 Å². The van der Waals surface area contributed by atoms with Gasteiger partial charge in [-0.25, -0.2) is 0 Å². The van der Waals surface area contributed by atoms with Crippen LogP contribution < -0.4 is 0 Å². The molecule has 5 heteroatoms. The Morgan fingerprint density at radius 2 is 1.67 bits per heavy atom. The van der Waals surface area contributed by atoms with Crippen LogP contribution in [0.4, 0.5) is 0 Å². The summed E-state index contributed by atoms with van der Waals surface area (Å²) in [6.07, 6.45) is 19.0. The number of hydrogen-bond acceptors (Lipinski definition) is 4. The van der Waals surface area contributed by atoms with Gasteiger partial charge in [-0.1, -0.05) is 63.9 Å². The zero-order valence-electron chi connectivity index (χ0n) is 13.0. The lowest BCUT2D eigenvalue weighted by Crippen LogP contribution is -2.25. The van der Waals surface area contributed by atoms with E-state index in [2.05, 4.69) is 5.10 Å². The third-order valence-corrected chi connectivity index (χ3v) is 4.41. The molecule has 2 aliphatic rings. The van der Waals surface area contributed by atoms with Crippen molar-refractivity contribution >= 4 is 13.3 Å². The van der Waals surface area contributed by atoms with E-state index in [1.54, 1.807) is 12.3 Å². The zero-order valence-corrected chi connectivity index (χ0v) is 13.0. The molecule has 21 heavy (non-hydrogen) atoms. The Morgan fingerprint density at radius 3 is 2.24 bits per heavy atom. The predicted octanol–water partition coefficient (Wildman–Crippen LogP) is 3.18. The summed E-state index contributed by atoms with van der Waals surface area (Å²) in [6, 6.07) is 0. The first-order valence-electron chi connectivity index (χ1n) is 8.61. The molecule has 1 unspecified atom stereocenters. The van der Waals surface area contributed by atoms with Crippen LogP contribution >= 0.6 is 0 Å². The van der Waals surface area contributed by atoms with Crippen LogP contribution in [0.2, 0.25) is 5.82 Å². The quantitative estimate of drug-likeness (QED) is 0.454. The second-order valence-corrected chi connectivity index (χ2v) is 6.47. The highest BCUT2D eigenvalue weighted by molar-refractivity contribution is 6.48. The zero-order chi connectivity index (χ0) is 14.9. The Labute approximate surface area is 129 Å². The minimum atomic E-state index is -1.34. The summed E-state index contributed by atoms with van der Waals surface area (Å²) in [5.74, 6) is 0.728. The van der Waals surface area contributed by atoms with Crippen LogP contribution in [-0.4, -0.2) is 34.9 Å². The molecule has 0 spiro atoms. The fourth-order valence-electron chi connectivity index (χ4n) is 2.76. The van der Waals surface area contributed by atoms with Crippen molar-refractivity contribution in [1.29, 1.82) is 0 Å². The molecule has 0 amide bonds. The number of rotatable bonds is 11. The maximum atomic E-state index is 9.03. The first-order valence-corrected chi connectivity index (χ1v) is 8.61. The lowest BCUT2D eigenvalue weighted by atomic mass is 9.73. The standard InChI is InChI=1S/C16H29BN2O2/c20-17(21)16-11-13-19(18-14-16)12-7-5-3-1-2-4-6-8-15-9-10-15/h11,13-16,20-21H,1-10,12H2. The number of hydrazone groups is 1. The molecule has 0 radical (unpaired) electrons. The lowest BCUT2D eigenvalue weighted by molar-refractivity contribution is 0.370. The Kier molecular flexibility index (Phi) is 7.30. The molecule has 0 bridgehead atoms. The maximum Gasteiger partial charge on any atom is 0.464 e. The topological polar surface area (TPSA) is 56.1 Å². The SMILES string of the molecule is OB(O)C1C=CN(CCCCCCCCCC2CC2)N=C1. The van der Waals surface area contributed by atoms with E-state index in [0.717, 1.165) is 18.9 Å². The molecular weight excluding hydrogens is 263 g/mol. The molecule has 0 aromatic rings. The molecule has 2 rings (SSSR count). The van der Waals surface area contributed by atoms with Gasteiger partial charge >= 0.3 is 7.12 Å². The molecular formula is C16H29BN2O2. The van der Waals surface area contributed by atoms with Crippen molar-refractivity contribution in [2.24, 2.45) is 11.0 Å². The minimum Gasteiger partial charge on any atom is -0.426 e. The number of unbranched alkanes of at least 4 members (excludes halogenated alkanes) is 6. The Hall–Kier alpha value is -0.805. The summed E-state index contributed by atoms with van der Waals surface area (Å²) >= 11 is 0. The van der Waals surface area contributed by atoms with E-state index in [4.69, 9.17) is 10.0 Å². The second-order valence-electron chi connectivity index (χ2n) is 6.47. The number of allylic oxidation sites excluding steroid dienone is 1. The van der Waals surface area contributed by atoms with Crippen LogP contribution in [0.25, 0.3) is 0 Å². The molecule has 118 valence electrons. The smallest absolute Gasteiger partial charge is 0.426 e. The van der Waals surface area contributed by atoms with E-state index < -0.39 is 7.12 Å². The molecule has 4 nitrogen and oxygen atoms in total. The average molecular weight is 292 g/mol. The molecule has 1 fully saturated rings. The van der Waals surface area contributed by atoms with Crippen LogP contribution in [-0.2, 0) is 0 Å². The Morgan fingerprint density at radius 1 is 1.00 bits per heavy atom. The molecule has 0 saturated heterocycles. The highest BCUT2D eigenvalue weighted by Gasteiger charge is 2.21. The molecule has 1 saturated carbocycles. The molecule has 2 N–H and O–H groups in total. The number of hydrogen-bond donors (Lipinski definition) is 2. The molecule has 0 aromatic heterocycles. The molecule has 1 atom stereocenters. The summed E-state index contributed by atoms with van der Waals surface area (Å²) in [4.78, 5) is 0. The van der Waals surface area contributed by atoms with Gasteiger partial charge in [0.05, 0.1) is 5.82 Å². The van der Waals surface area contributed by atoms with Gasteiger partial charge in [-0.2, -0.15) is 5.10 Å². The monoisotopic (exact) mass is 292 g/mol. The maximum absolute atomic E-state index is 9.03. The summed E-state index contributed by atoms with van der Waals surface area (Å²) in [7, 11) is -1.34. The highest BCUT2D eigenvalue weighted by atomic mass is 16.4. The second kappa shape index (κ2) is 9.26. The molecule has 0 aromatic carbocycles. The predicted molar refractivity (Wildman–Crippen MR) is 87.9 cm³/mol. The van der Waals surface area contributed by atoms with Crippen molar-refractivity contribution in [2.45, 2.75) is 70.0 Å². The van der Waals surface area contributed by atoms with Crippen molar-refractivity contribution in [3.8, 4) is 0 Å². The van der Waals surface area contributed by atoms with E-state index in [9.17, 15) is 0 Å². The average Bonchev–Trinajstić information content (AvgIpc) is 3.30. The lowest BCUT2D eigenvalue weighted by Gasteiger charge is -2.19. The normalized spacial score (nSPS) is 21.0. The van der Waals surface area contributed by atoms with Crippen LogP contribution in [0.1, 0.15) is 64.2 Å². The van der Waals surface area contributed by atoms with Crippen molar-refractivity contribution < 1.29 is 10.0 Å². The van der Waals surface area contributed by atoms with Gasteiger partial charge in [-0.3, -0.25) is 5.01 Å². The fraction of sp³-hybridized carbons (Fsp3) is 0.812. The summed E-state index contributed by atoms with van der Waals surface area (Å²) in [6.45, 7) is 0.920. The van der Waals surface area contributed by atoms with Crippen LogP contribution in [0.5, 0.6) is 0 Å². The van der Waals surface area contributed by atoms with Crippen molar-refractivity contribution in [3.05, 3.63) is 12.3 Å². The molecule has 1 aliphatic heterocycles. The van der Waals surface area contributed by atoms with Gasteiger partial charge in [0, 0.05) is 19.0 Å². The van der Waals surface area contributed by atoms with Crippen LogP contribution in [0, 0.1) is 5.92 Å². The third kappa shape index (κ3) is 7.14. The Bertz CT molecular complexity index is 329. The van der Waals surface area contributed by atoms with E-state index in [1.165, 1.54) is 57.8 Å². The van der Waals surface area contributed by atoms with Crippen LogP contribution in [0.15, 0.2) is 17.4 Å². The van der Waals surface area contributed by atoms with Gasteiger partial charge < -0.3 is 10.0 Å². The minimum absolute atomic E-state index is 0.364. The summed E-state index contributed by atoms with van der Waals surface area (Å²) in [5, 5.41) is 24.2.